The zero-order chi connectivity index (χ0) is 10.1. The Bertz CT molecular complexity index is 443. The molecule has 1 aromatic carbocycles. The minimum atomic E-state index is 1.01. The molecule has 1 aromatic heterocycles. The molecule has 0 saturated heterocycles. The van der Waals surface area contributed by atoms with Crippen LogP contribution in [0.1, 0.15) is 0 Å². The Hall–Kier alpha value is -0.610. The molecular formula is C10H8Br2N2. The summed E-state index contributed by atoms with van der Waals surface area (Å²) in [6.07, 6.45) is 1.80. The molecule has 0 aliphatic heterocycles. The molecule has 72 valence electrons. The van der Waals surface area contributed by atoms with Gasteiger partial charge in [-0.2, -0.15) is 5.10 Å². The minimum absolute atomic E-state index is 1.01. The molecule has 2 aromatic rings. The van der Waals surface area contributed by atoms with E-state index in [-0.39, 0.29) is 0 Å². The van der Waals surface area contributed by atoms with Crippen molar-refractivity contribution in [2.45, 2.75) is 0 Å². The second-order valence-corrected chi connectivity index (χ2v) is 4.75. The molecule has 0 aliphatic carbocycles. The average Bonchev–Trinajstić information content (AvgIpc) is 2.46. The largest absolute Gasteiger partial charge is 0.267 e. The Morgan fingerprint density at radius 2 is 2.07 bits per heavy atom. The van der Waals surface area contributed by atoms with Gasteiger partial charge in [-0.3, -0.25) is 4.68 Å². The van der Waals surface area contributed by atoms with Gasteiger partial charge in [0.05, 0.1) is 16.4 Å². The fourth-order valence-electron chi connectivity index (χ4n) is 1.37. The first-order chi connectivity index (χ1) is 6.68. The summed E-state index contributed by atoms with van der Waals surface area (Å²) in [5, 5.41) is 4.18. The highest BCUT2D eigenvalue weighted by atomic mass is 79.9. The molecule has 0 unspecified atom stereocenters. The highest BCUT2D eigenvalue weighted by molar-refractivity contribution is 9.10. The van der Waals surface area contributed by atoms with E-state index in [0.717, 1.165) is 20.2 Å². The molecule has 0 N–H and O–H groups in total. The van der Waals surface area contributed by atoms with Gasteiger partial charge in [-0.15, -0.1) is 0 Å². The lowest BCUT2D eigenvalue weighted by Gasteiger charge is -2.03. The Morgan fingerprint density at radius 1 is 1.29 bits per heavy atom. The van der Waals surface area contributed by atoms with Crippen LogP contribution < -0.4 is 0 Å². The van der Waals surface area contributed by atoms with Crippen molar-refractivity contribution in [3.8, 4) is 11.3 Å². The maximum Gasteiger partial charge on any atom is 0.0821 e. The quantitative estimate of drug-likeness (QED) is 0.786. The number of aromatic nitrogens is 2. The number of nitrogens with zero attached hydrogens (tertiary/aromatic N) is 2. The molecule has 2 nitrogen and oxygen atoms in total. The topological polar surface area (TPSA) is 17.8 Å². The fourth-order valence-corrected chi connectivity index (χ4v) is 2.35. The third kappa shape index (κ3) is 1.77. The standard InChI is InChI=1S/C10H8Br2N2/c1-14-10(9(12)6-13-14)7-3-2-4-8(11)5-7/h2-6H,1H3. The monoisotopic (exact) mass is 314 g/mol. The predicted molar refractivity (Wildman–Crippen MR) is 64.0 cm³/mol. The number of rotatable bonds is 1. The molecule has 0 radical (unpaired) electrons. The van der Waals surface area contributed by atoms with Crippen molar-refractivity contribution in [1.82, 2.24) is 9.78 Å². The summed E-state index contributed by atoms with van der Waals surface area (Å²) in [4.78, 5) is 0. The van der Waals surface area contributed by atoms with E-state index in [1.807, 2.05) is 23.9 Å². The second kappa shape index (κ2) is 3.87. The molecule has 14 heavy (non-hydrogen) atoms. The smallest absolute Gasteiger partial charge is 0.0821 e. The summed E-state index contributed by atoms with van der Waals surface area (Å²) in [6, 6.07) is 8.15. The third-order valence-electron chi connectivity index (χ3n) is 1.99. The first kappa shape index (κ1) is 9.93. The van der Waals surface area contributed by atoms with Crippen molar-refractivity contribution in [1.29, 1.82) is 0 Å². The predicted octanol–water partition coefficient (Wildman–Crippen LogP) is 3.61. The molecule has 2 rings (SSSR count). The van der Waals surface area contributed by atoms with Gasteiger partial charge in [0, 0.05) is 17.1 Å². The van der Waals surface area contributed by atoms with Crippen LogP contribution in [-0.2, 0) is 7.05 Å². The Morgan fingerprint density at radius 3 is 2.64 bits per heavy atom. The molecular weight excluding hydrogens is 308 g/mol. The van der Waals surface area contributed by atoms with E-state index in [1.165, 1.54) is 0 Å². The molecule has 0 amide bonds. The van der Waals surface area contributed by atoms with E-state index in [4.69, 9.17) is 0 Å². The lowest BCUT2D eigenvalue weighted by Crippen LogP contribution is -1.93. The normalized spacial score (nSPS) is 10.5. The van der Waals surface area contributed by atoms with Gasteiger partial charge in [-0.05, 0) is 28.1 Å². The van der Waals surface area contributed by atoms with E-state index in [0.29, 0.717) is 0 Å². The van der Waals surface area contributed by atoms with Gasteiger partial charge >= 0.3 is 0 Å². The zero-order valence-electron chi connectivity index (χ0n) is 7.54. The number of hydrogen-bond donors (Lipinski definition) is 0. The van der Waals surface area contributed by atoms with Gasteiger partial charge in [0.25, 0.3) is 0 Å². The van der Waals surface area contributed by atoms with E-state index in [9.17, 15) is 0 Å². The highest BCUT2D eigenvalue weighted by Crippen LogP contribution is 2.28. The lowest BCUT2D eigenvalue weighted by atomic mass is 10.1. The Labute approximate surface area is 99.2 Å². The van der Waals surface area contributed by atoms with Crippen molar-refractivity contribution in [3.63, 3.8) is 0 Å². The minimum Gasteiger partial charge on any atom is -0.267 e. The number of benzene rings is 1. The first-order valence-corrected chi connectivity index (χ1v) is 5.70. The van der Waals surface area contributed by atoms with Crippen LogP contribution in [0, 0.1) is 0 Å². The molecule has 0 aliphatic rings. The van der Waals surface area contributed by atoms with Crippen molar-refractivity contribution in [2.24, 2.45) is 7.05 Å². The van der Waals surface area contributed by atoms with Crippen LogP contribution in [0.3, 0.4) is 0 Å². The van der Waals surface area contributed by atoms with Crippen molar-refractivity contribution >= 4 is 31.9 Å². The average molecular weight is 316 g/mol. The van der Waals surface area contributed by atoms with E-state index in [2.05, 4.69) is 49.1 Å². The number of aryl methyl sites for hydroxylation is 1. The summed E-state index contributed by atoms with van der Waals surface area (Å²) < 4.78 is 3.94. The Balaban J connectivity index is 2.59. The zero-order valence-corrected chi connectivity index (χ0v) is 10.7. The number of halogens is 2. The van der Waals surface area contributed by atoms with E-state index in [1.54, 1.807) is 6.20 Å². The van der Waals surface area contributed by atoms with Crippen LogP contribution >= 0.6 is 31.9 Å². The van der Waals surface area contributed by atoms with Gasteiger partial charge in [0.15, 0.2) is 0 Å². The Kier molecular flexibility index (Phi) is 2.74. The maximum absolute atomic E-state index is 4.18. The van der Waals surface area contributed by atoms with E-state index < -0.39 is 0 Å². The van der Waals surface area contributed by atoms with Gasteiger partial charge < -0.3 is 0 Å². The third-order valence-corrected chi connectivity index (χ3v) is 3.07. The molecule has 0 bridgehead atoms. The summed E-state index contributed by atoms with van der Waals surface area (Å²) in [5.74, 6) is 0. The van der Waals surface area contributed by atoms with Crippen LogP contribution in [0.25, 0.3) is 11.3 Å². The summed E-state index contributed by atoms with van der Waals surface area (Å²) in [6.45, 7) is 0. The molecule has 1 heterocycles. The summed E-state index contributed by atoms with van der Waals surface area (Å²) in [7, 11) is 1.93. The van der Waals surface area contributed by atoms with Gasteiger partial charge in [-0.1, -0.05) is 28.1 Å². The maximum atomic E-state index is 4.18. The summed E-state index contributed by atoms with van der Waals surface area (Å²) in [5.41, 5.74) is 2.23. The summed E-state index contributed by atoms with van der Waals surface area (Å²) >= 11 is 6.93. The molecule has 0 fully saturated rings. The van der Waals surface area contributed by atoms with Crippen molar-refractivity contribution < 1.29 is 0 Å². The first-order valence-electron chi connectivity index (χ1n) is 4.12. The van der Waals surface area contributed by atoms with E-state index >= 15 is 0 Å². The van der Waals surface area contributed by atoms with Crippen LogP contribution in [0.4, 0.5) is 0 Å². The molecule has 4 heteroatoms. The second-order valence-electron chi connectivity index (χ2n) is 2.98. The van der Waals surface area contributed by atoms with Crippen LogP contribution in [-0.4, -0.2) is 9.78 Å². The molecule has 0 spiro atoms. The van der Waals surface area contributed by atoms with Crippen molar-refractivity contribution in [3.05, 3.63) is 39.4 Å². The van der Waals surface area contributed by atoms with Crippen molar-refractivity contribution in [2.75, 3.05) is 0 Å². The van der Waals surface area contributed by atoms with Crippen LogP contribution in [0.15, 0.2) is 39.4 Å². The van der Waals surface area contributed by atoms with Gasteiger partial charge in [0.1, 0.15) is 0 Å². The SMILES string of the molecule is Cn1ncc(Br)c1-c1cccc(Br)c1. The molecule has 0 saturated carbocycles. The van der Waals surface area contributed by atoms with Crippen LogP contribution in [0.5, 0.6) is 0 Å². The fraction of sp³-hybridized carbons (Fsp3) is 0.100. The highest BCUT2D eigenvalue weighted by Gasteiger charge is 2.08. The lowest BCUT2D eigenvalue weighted by molar-refractivity contribution is 0.775. The molecule has 0 atom stereocenters. The van der Waals surface area contributed by atoms with Crippen LogP contribution in [0.2, 0.25) is 0 Å². The van der Waals surface area contributed by atoms with Gasteiger partial charge in [0.2, 0.25) is 0 Å². The number of hydrogen-bond acceptors (Lipinski definition) is 1. The van der Waals surface area contributed by atoms with Gasteiger partial charge in [-0.25, -0.2) is 0 Å².